The molecule has 1 aliphatic carbocycles. The SMILES string of the molecule is CC1(Oc2ccc(N)c(C(=N)c3cc(N4CCOCC4)ncn3)c2)CC1. The first-order chi connectivity index (χ1) is 12.5. The largest absolute Gasteiger partial charge is 0.488 e. The molecular formula is C19H23N5O2. The summed E-state index contributed by atoms with van der Waals surface area (Å²) >= 11 is 0. The van der Waals surface area contributed by atoms with Crippen molar-refractivity contribution in [3.63, 3.8) is 0 Å². The Hall–Kier alpha value is -2.67. The van der Waals surface area contributed by atoms with Crippen LogP contribution in [0.2, 0.25) is 0 Å². The lowest BCUT2D eigenvalue weighted by molar-refractivity contribution is 0.122. The molecule has 4 rings (SSSR count). The molecule has 1 aromatic carbocycles. The Balaban J connectivity index is 1.59. The number of rotatable bonds is 5. The third-order valence-corrected chi connectivity index (χ3v) is 4.86. The van der Waals surface area contributed by atoms with Crippen LogP contribution in [0.3, 0.4) is 0 Å². The van der Waals surface area contributed by atoms with Crippen LogP contribution in [0.5, 0.6) is 5.75 Å². The fraction of sp³-hybridized carbons (Fsp3) is 0.421. The smallest absolute Gasteiger partial charge is 0.132 e. The second-order valence-corrected chi connectivity index (χ2v) is 7.04. The van der Waals surface area contributed by atoms with Gasteiger partial charge in [0.05, 0.1) is 24.6 Å². The van der Waals surface area contributed by atoms with E-state index in [0.717, 1.165) is 37.5 Å². The fourth-order valence-corrected chi connectivity index (χ4v) is 2.97. The van der Waals surface area contributed by atoms with Crippen LogP contribution in [0, 0.1) is 5.41 Å². The van der Waals surface area contributed by atoms with E-state index in [4.69, 9.17) is 20.6 Å². The van der Waals surface area contributed by atoms with Crippen LogP contribution in [0.4, 0.5) is 11.5 Å². The first kappa shape index (κ1) is 16.8. The molecule has 2 aromatic rings. The van der Waals surface area contributed by atoms with Gasteiger partial charge >= 0.3 is 0 Å². The van der Waals surface area contributed by atoms with Gasteiger partial charge < -0.3 is 20.1 Å². The lowest BCUT2D eigenvalue weighted by Crippen LogP contribution is -2.36. The summed E-state index contributed by atoms with van der Waals surface area (Å²) in [6, 6.07) is 7.31. The van der Waals surface area contributed by atoms with Crippen molar-refractivity contribution in [3.05, 3.63) is 41.9 Å². The van der Waals surface area contributed by atoms with Crippen molar-refractivity contribution in [2.24, 2.45) is 0 Å². The minimum atomic E-state index is -0.0754. The van der Waals surface area contributed by atoms with E-state index in [1.54, 1.807) is 6.07 Å². The number of ether oxygens (including phenoxy) is 2. The van der Waals surface area contributed by atoms with Gasteiger partial charge in [0.2, 0.25) is 0 Å². The van der Waals surface area contributed by atoms with Gasteiger partial charge in [-0.3, -0.25) is 5.41 Å². The summed E-state index contributed by atoms with van der Waals surface area (Å²) in [4.78, 5) is 10.8. The van der Waals surface area contributed by atoms with Crippen molar-refractivity contribution in [2.45, 2.75) is 25.4 Å². The van der Waals surface area contributed by atoms with Crippen LogP contribution in [0.25, 0.3) is 0 Å². The van der Waals surface area contributed by atoms with E-state index in [9.17, 15) is 0 Å². The summed E-state index contributed by atoms with van der Waals surface area (Å²) in [6.07, 6.45) is 3.61. The maximum Gasteiger partial charge on any atom is 0.132 e. The number of nitrogens with two attached hydrogens (primary N) is 1. The quantitative estimate of drug-likeness (QED) is 0.632. The van der Waals surface area contributed by atoms with Crippen LogP contribution < -0.4 is 15.4 Å². The summed E-state index contributed by atoms with van der Waals surface area (Å²) in [6.45, 7) is 5.03. The van der Waals surface area contributed by atoms with Gasteiger partial charge in [0.1, 0.15) is 23.5 Å². The molecule has 26 heavy (non-hydrogen) atoms. The molecule has 0 spiro atoms. The van der Waals surface area contributed by atoms with Crippen molar-refractivity contribution in [2.75, 3.05) is 36.9 Å². The molecule has 7 heteroatoms. The van der Waals surface area contributed by atoms with E-state index in [0.29, 0.717) is 30.2 Å². The molecule has 136 valence electrons. The molecule has 2 aliphatic rings. The van der Waals surface area contributed by atoms with Gasteiger partial charge in [0.25, 0.3) is 0 Å². The summed E-state index contributed by atoms with van der Waals surface area (Å²) in [7, 11) is 0. The van der Waals surface area contributed by atoms with Gasteiger partial charge in [-0.15, -0.1) is 0 Å². The lowest BCUT2D eigenvalue weighted by Gasteiger charge is -2.27. The number of hydrogen-bond donors (Lipinski definition) is 2. The van der Waals surface area contributed by atoms with Crippen LogP contribution in [-0.4, -0.2) is 47.6 Å². The summed E-state index contributed by atoms with van der Waals surface area (Å²) in [5.41, 5.74) is 8.02. The van der Waals surface area contributed by atoms with Crippen molar-refractivity contribution in [1.29, 1.82) is 5.41 Å². The van der Waals surface area contributed by atoms with Gasteiger partial charge in [0.15, 0.2) is 0 Å². The summed E-state index contributed by atoms with van der Waals surface area (Å²) in [5.74, 6) is 1.54. The standard InChI is InChI=1S/C19H23N5O2/c1-19(4-5-19)26-13-2-3-15(20)14(10-13)18(21)16-11-17(23-12-22-16)24-6-8-25-9-7-24/h2-3,10-12,21H,4-9,20H2,1H3. The predicted octanol–water partition coefficient (Wildman–Crippen LogP) is 2.24. The molecule has 1 saturated heterocycles. The Bertz CT molecular complexity index is 828. The molecule has 0 radical (unpaired) electrons. The van der Waals surface area contributed by atoms with Crippen molar-refractivity contribution in [1.82, 2.24) is 9.97 Å². The van der Waals surface area contributed by atoms with E-state index < -0.39 is 0 Å². The van der Waals surface area contributed by atoms with E-state index in [2.05, 4.69) is 21.8 Å². The maximum atomic E-state index is 8.60. The van der Waals surface area contributed by atoms with Crippen LogP contribution in [-0.2, 0) is 4.74 Å². The Morgan fingerprint density at radius 3 is 2.73 bits per heavy atom. The number of aromatic nitrogens is 2. The highest BCUT2D eigenvalue weighted by Gasteiger charge is 2.40. The number of anilines is 2. The van der Waals surface area contributed by atoms with Crippen LogP contribution in [0.1, 0.15) is 31.0 Å². The molecule has 1 saturated carbocycles. The Labute approximate surface area is 152 Å². The van der Waals surface area contributed by atoms with E-state index in [-0.39, 0.29) is 11.3 Å². The number of nitrogen functional groups attached to an aromatic ring is 1. The monoisotopic (exact) mass is 353 g/mol. The molecular weight excluding hydrogens is 330 g/mol. The van der Waals surface area contributed by atoms with E-state index >= 15 is 0 Å². The zero-order valence-corrected chi connectivity index (χ0v) is 14.9. The van der Waals surface area contributed by atoms with Crippen molar-refractivity contribution >= 4 is 17.2 Å². The zero-order chi connectivity index (χ0) is 18.1. The average Bonchev–Trinajstić information content (AvgIpc) is 3.40. The number of hydrogen-bond acceptors (Lipinski definition) is 7. The highest BCUT2D eigenvalue weighted by atomic mass is 16.5. The molecule has 2 fully saturated rings. The number of morpholine rings is 1. The van der Waals surface area contributed by atoms with Gasteiger partial charge in [-0.05, 0) is 38.0 Å². The Morgan fingerprint density at radius 2 is 2.00 bits per heavy atom. The minimum absolute atomic E-state index is 0.0754. The second-order valence-electron chi connectivity index (χ2n) is 7.04. The normalized spacial score (nSPS) is 18.4. The fourth-order valence-electron chi connectivity index (χ4n) is 2.97. The van der Waals surface area contributed by atoms with Crippen LogP contribution in [0.15, 0.2) is 30.6 Å². The van der Waals surface area contributed by atoms with Crippen molar-refractivity contribution < 1.29 is 9.47 Å². The minimum Gasteiger partial charge on any atom is -0.488 e. The third-order valence-electron chi connectivity index (χ3n) is 4.86. The van der Waals surface area contributed by atoms with Gasteiger partial charge in [-0.25, -0.2) is 9.97 Å². The molecule has 1 aliphatic heterocycles. The first-order valence-electron chi connectivity index (χ1n) is 8.87. The topological polar surface area (TPSA) is 97.4 Å². The Kier molecular flexibility index (Phi) is 4.24. The lowest BCUT2D eigenvalue weighted by atomic mass is 10.0. The molecule has 2 heterocycles. The van der Waals surface area contributed by atoms with E-state index in [1.165, 1.54) is 6.33 Å². The highest BCUT2D eigenvalue weighted by molar-refractivity contribution is 6.13. The second kappa shape index (κ2) is 6.57. The number of benzene rings is 1. The molecule has 0 amide bonds. The van der Waals surface area contributed by atoms with Gasteiger partial charge in [-0.2, -0.15) is 0 Å². The van der Waals surface area contributed by atoms with Crippen molar-refractivity contribution in [3.8, 4) is 5.75 Å². The molecule has 0 unspecified atom stereocenters. The molecule has 1 aromatic heterocycles. The van der Waals surface area contributed by atoms with E-state index in [1.807, 2.05) is 18.2 Å². The molecule has 0 atom stereocenters. The van der Waals surface area contributed by atoms with Gasteiger partial charge in [-0.1, -0.05) is 0 Å². The predicted molar refractivity (Wildman–Crippen MR) is 100 cm³/mol. The maximum absolute atomic E-state index is 8.60. The summed E-state index contributed by atoms with van der Waals surface area (Å²) < 4.78 is 11.4. The molecule has 0 bridgehead atoms. The molecule has 7 nitrogen and oxygen atoms in total. The average molecular weight is 353 g/mol. The molecule has 3 N–H and O–H groups in total. The first-order valence-corrected chi connectivity index (χ1v) is 8.87. The van der Waals surface area contributed by atoms with Gasteiger partial charge in [0, 0.05) is 30.4 Å². The summed E-state index contributed by atoms with van der Waals surface area (Å²) in [5, 5.41) is 8.60. The number of nitrogens with one attached hydrogen (secondary N) is 1. The highest BCUT2D eigenvalue weighted by Crippen LogP contribution is 2.40. The Morgan fingerprint density at radius 1 is 1.23 bits per heavy atom. The zero-order valence-electron chi connectivity index (χ0n) is 14.9. The van der Waals surface area contributed by atoms with Crippen LogP contribution >= 0.6 is 0 Å². The third kappa shape index (κ3) is 3.48. The number of nitrogens with zero attached hydrogens (tertiary/aromatic N) is 3.